The second kappa shape index (κ2) is 5.29. The fourth-order valence-corrected chi connectivity index (χ4v) is 1.49. The fourth-order valence-electron chi connectivity index (χ4n) is 1.49. The van der Waals surface area contributed by atoms with Crippen molar-refractivity contribution in [1.29, 1.82) is 0 Å². The second-order valence-corrected chi connectivity index (χ2v) is 4.04. The molecule has 0 saturated carbocycles. The third-order valence-corrected chi connectivity index (χ3v) is 2.38. The monoisotopic (exact) mass is 237 g/mol. The Bertz CT molecular complexity index is 432. The van der Waals surface area contributed by atoms with E-state index in [-0.39, 0.29) is 11.6 Å². The van der Waals surface area contributed by atoms with Crippen molar-refractivity contribution in [3.05, 3.63) is 34.4 Å². The number of nitro groups is 1. The normalized spacial score (nSPS) is 12.2. The topological polar surface area (TPSA) is 98.3 Å². The van der Waals surface area contributed by atoms with Gasteiger partial charge in [0, 0.05) is 6.07 Å². The highest BCUT2D eigenvalue weighted by Gasteiger charge is 2.22. The van der Waals surface area contributed by atoms with Crippen LogP contribution in [0.3, 0.4) is 0 Å². The first-order valence-corrected chi connectivity index (χ1v) is 5.22. The first-order chi connectivity index (χ1) is 7.93. The zero-order valence-electron chi connectivity index (χ0n) is 9.71. The summed E-state index contributed by atoms with van der Waals surface area (Å²) in [7, 11) is 0. The van der Waals surface area contributed by atoms with Gasteiger partial charge < -0.3 is 11.1 Å². The highest BCUT2D eigenvalue weighted by Crippen LogP contribution is 2.24. The predicted molar refractivity (Wildman–Crippen MR) is 64.5 cm³/mol. The zero-order chi connectivity index (χ0) is 13.0. The van der Waals surface area contributed by atoms with Gasteiger partial charge in [-0.15, -0.1) is 0 Å². The van der Waals surface area contributed by atoms with E-state index < -0.39 is 16.9 Å². The van der Waals surface area contributed by atoms with Gasteiger partial charge in [0.1, 0.15) is 11.7 Å². The van der Waals surface area contributed by atoms with Gasteiger partial charge in [-0.05, 0) is 12.0 Å². The molecule has 0 spiro atoms. The number of nitrogens with two attached hydrogens (primary N) is 1. The van der Waals surface area contributed by atoms with E-state index in [0.717, 1.165) is 0 Å². The number of para-hydroxylation sites is 2. The van der Waals surface area contributed by atoms with Gasteiger partial charge in [0.15, 0.2) is 0 Å². The van der Waals surface area contributed by atoms with E-state index in [0.29, 0.717) is 5.69 Å². The molecule has 1 amide bonds. The number of rotatable bonds is 5. The van der Waals surface area contributed by atoms with Crippen LogP contribution in [0.4, 0.5) is 11.4 Å². The van der Waals surface area contributed by atoms with E-state index in [4.69, 9.17) is 5.73 Å². The van der Waals surface area contributed by atoms with Crippen LogP contribution in [0.15, 0.2) is 24.3 Å². The smallest absolute Gasteiger partial charge is 0.292 e. The minimum Gasteiger partial charge on any atom is -0.368 e. The van der Waals surface area contributed by atoms with E-state index in [1.807, 2.05) is 13.8 Å². The van der Waals surface area contributed by atoms with Crippen LogP contribution in [0.1, 0.15) is 13.8 Å². The molecule has 6 heteroatoms. The number of amides is 1. The highest BCUT2D eigenvalue weighted by atomic mass is 16.6. The van der Waals surface area contributed by atoms with Crippen LogP contribution in [-0.2, 0) is 4.79 Å². The Balaban J connectivity index is 3.01. The summed E-state index contributed by atoms with van der Waals surface area (Å²) >= 11 is 0. The molecule has 3 N–H and O–H groups in total. The Hall–Kier alpha value is -2.11. The number of benzene rings is 1. The molecule has 0 aliphatic heterocycles. The lowest BCUT2D eigenvalue weighted by molar-refractivity contribution is -0.384. The molecule has 0 heterocycles. The minimum atomic E-state index is -0.629. The van der Waals surface area contributed by atoms with Crippen LogP contribution in [0, 0.1) is 16.0 Å². The zero-order valence-corrected chi connectivity index (χ0v) is 9.71. The number of carbonyl (C=O) groups excluding carboxylic acids is 1. The lowest BCUT2D eigenvalue weighted by Crippen LogP contribution is -2.39. The molecule has 0 aromatic heterocycles. The predicted octanol–water partition coefficient (Wildman–Crippen LogP) is 1.52. The molecule has 0 radical (unpaired) electrons. The molecule has 6 nitrogen and oxygen atoms in total. The van der Waals surface area contributed by atoms with E-state index in [1.54, 1.807) is 18.2 Å². The van der Waals surface area contributed by atoms with Crippen LogP contribution < -0.4 is 11.1 Å². The number of hydrogen-bond acceptors (Lipinski definition) is 4. The van der Waals surface area contributed by atoms with Crippen molar-refractivity contribution in [2.24, 2.45) is 11.7 Å². The summed E-state index contributed by atoms with van der Waals surface area (Å²) in [5.41, 5.74) is 5.47. The Morgan fingerprint density at radius 3 is 2.47 bits per heavy atom. The molecule has 0 aliphatic rings. The summed E-state index contributed by atoms with van der Waals surface area (Å²) in [6.45, 7) is 3.63. The number of nitrogens with one attached hydrogen (secondary N) is 1. The molecule has 0 saturated heterocycles. The Morgan fingerprint density at radius 2 is 2.00 bits per heavy atom. The van der Waals surface area contributed by atoms with Crippen LogP contribution >= 0.6 is 0 Å². The number of carbonyl (C=O) groups is 1. The van der Waals surface area contributed by atoms with Crippen molar-refractivity contribution in [2.75, 3.05) is 5.32 Å². The van der Waals surface area contributed by atoms with Crippen LogP contribution in [0.5, 0.6) is 0 Å². The Labute approximate surface area is 99.0 Å². The average molecular weight is 237 g/mol. The number of nitro benzene ring substituents is 1. The van der Waals surface area contributed by atoms with Crippen molar-refractivity contribution in [3.8, 4) is 0 Å². The molecule has 1 aromatic rings. The summed E-state index contributed by atoms with van der Waals surface area (Å²) in [6, 6.07) is 5.53. The number of primary amides is 1. The SMILES string of the molecule is CC(C)C(Nc1ccccc1[N+](=O)[O-])C(N)=O. The third-order valence-electron chi connectivity index (χ3n) is 2.38. The van der Waals surface area contributed by atoms with Gasteiger partial charge >= 0.3 is 0 Å². The molecule has 1 aromatic carbocycles. The molecule has 17 heavy (non-hydrogen) atoms. The lowest BCUT2D eigenvalue weighted by atomic mass is 10.0. The van der Waals surface area contributed by atoms with E-state index in [1.165, 1.54) is 6.07 Å². The molecule has 0 bridgehead atoms. The molecule has 1 atom stereocenters. The van der Waals surface area contributed by atoms with E-state index in [9.17, 15) is 14.9 Å². The maximum atomic E-state index is 11.2. The van der Waals surface area contributed by atoms with Crippen LogP contribution in [0.25, 0.3) is 0 Å². The fraction of sp³-hybridized carbons (Fsp3) is 0.364. The summed E-state index contributed by atoms with van der Waals surface area (Å²) < 4.78 is 0. The van der Waals surface area contributed by atoms with Crippen molar-refractivity contribution < 1.29 is 9.72 Å². The minimum absolute atomic E-state index is 0.0488. The van der Waals surface area contributed by atoms with Gasteiger partial charge in [0.05, 0.1) is 4.92 Å². The summed E-state index contributed by atoms with van der Waals surface area (Å²) in [4.78, 5) is 21.5. The Morgan fingerprint density at radius 1 is 1.41 bits per heavy atom. The first kappa shape index (κ1) is 13.0. The quantitative estimate of drug-likeness (QED) is 0.599. The van der Waals surface area contributed by atoms with Crippen molar-refractivity contribution in [2.45, 2.75) is 19.9 Å². The standard InChI is InChI=1S/C11H15N3O3/c1-7(2)10(11(12)15)13-8-5-3-4-6-9(8)14(16)17/h3-7,10,13H,1-2H3,(H2,12,15). The van der Waals surface area contributed by atoms with E-state index in [2.05, 4.69) is 5.32 Å². The maximum absolute atomic E-state index is 11.2. The van der Waals surface area contributed by atoms with Gasteiger partial charge in [-0.2, -0.15) is 0 Å². The average Bonchev–Trinajstić information content (AvgIpc) is 2.25. The molecule has 92 valence electrons. The van der Waals surface area contributed by atoms with Gasteiger partial charge in [0.25, 0.3) is 5.69 Å². The maximum Gasteiger partial charge on any atom is 0.292 e. The van der Waals surface area contributed by atoms with Crippen molar-refractivity contribution >= 4 is 17.3 Å². The van der Waals surface area contributed by atoms with Gasteiger partial charge in [-0.3, -0.25) is 14.9 Å². The second-order valence-electron chi connectivity index (χ2n) is 4.04. The molecule has 0 aliphatic carbocycles. The lowest BCUT2D eigenvalue weighted by Gasteiger charge is -2.19. The summed E-state index contributed by atoms with van der Waals surface area (Å²) in [6.07, 6.45) is 0. The highest BCUT2D eigenvalue weighted by molar-refractivity contribution is 5.84. The summed E-state index contributed by atoms with van der Waals surface area (Å²) in [5, 5.41) is 13.6. The van der Waals surface area contributed by atoms with Crippen LogP contribution in [0.2, 0.25) is 0 Å². The summed E-state index contributed by atoms with van der Waals surface area (Å²) in [5.74, 6) is -0.578. The molecular weight excluding hydrogens is 222 g/mol. The van der Waals surface area contributed by atoms with Crippen LogP contribution in [-0.4, -0.2) is 16.9 Å². The number of hydrogen-bond donors (Lipinski definition) is 2. The van der Waals surface area contributed by atoms with Crippen molar-refractivity contribution in [3.63, 3.8) is 0 Å². The molecule has 1 rings (SSSR count). The van der Waals surface area contributed by atoms with Gasteiger partial charge in [0.2, 0.25) is 5.91 Å². The largest absolute Gasteiger partial charge is 0.368 e. The molecule has 1 unspecified atom stereocenters. The van der Waals surface area contributed by atoms with E-state index >= 15 is 0 Å². The molecular formula is C11H15N3O3. The number of nitrogens with zero attached hydrogens (tertiary/aromatic N) is 1. The van der Waals surface area contributed by atoms with Gasteiger partial charge in [-0.1, -0.05) is 26.0 Å². The molecule has 0 fully saturated rings. The van der Waals surface area contributed by atoms with Gasteiger partial charge in [-0.25, -0.2) is 0 Å². The number of anilines is 1. The Kier molecular flexibility index (Phi) is 4.03. The first-order valence-electron chi connectivity index (χ1n) is 5.22. The third kappa shape index (κ3) is 3.17. The van der Waals surface area contributed by atoms with Crippen molar-refractivity contribution in [1.82, 2.24) is 0 Å².